The van der Waals surface area contributed by atoms with Crippen LogP contribution in [-0.4, -0.2) is 46.1 Å². The molecule has 0 spiro atoms. The number of carbonyl (C=O) groups is 1. The van der Waals surface area contributed by atoms with E-state index in [1.54, 1.807) is 0 Å². The molecule has 0 aromatic heterocycles. The predicted octanol–water partition coefficient (Wildman–Crippen LogP) is 0.395. The molecule has 1 rings (SSSR count). The monoisotopic (exact) mass is 217 g/mol. The summed E-state index contributed by atoms with van der Waals surface area (Å²) in [6.45, 7) is 8.36. The summed E-state index contributed by atoms with van der Waals surface area (Å²) in [6, 6.07) is -0.264. The molecule has 82 valence electrons. The molecule has 1 unspecified atom stereocenters. The van der Waals surface area contributed by atoms with Gasteiger partial charge < -0.3 is 14.8 Å². The Labute approximate surface area is 86.0 Å². The van der Waals surface area contributed by atoms with Crippen molar-refractivity contribution >= 4 is 14.0 Å². The fourth-order valence-corrected chi connectivity index (χ4v) is 1.68. The first-order valence-electron chi connectivity index (χ1n) is 4.97. The van der Waals surface area contributed by atoms with E-state index in [4.69, 9.17) is 9.47 Å². The number of hydrogen-bond acceptors (Lipinski definition) is 4. The molecule has 5 heteroatoms. The smallest absolute Gasteiger partial charge is 0.325 e. The number of rotatable bonds is 3. The lowest BCUT2D eigenvalue weighted by atomic mass is 10.3. The fourth-order valence-electron chi connectivity index (χ4n) is 1.11. The van der Waals surface area contributed by atoms with Crippen LogP contribution in [-0.2, 0) is 14.3 Å². The maximum atomic E-state index is 11.5. The topological polar surface area (TPSA) is 47.6 Å². The van der Waals surface area contributed by atoms with Crippen LogP contribution in [0.2, 0.25) is 19.6 Å². The zero-order chi connectivity index (χ0) is 10.6. The Morgan fingerprint density at radius 3 is 2.79 bits per heavy atom. The SMILES string of the molecule is C[Si](C)(C)COC(=O)C1COCCN1. The molecule has 0 aromatic carbocycles. The molecule has 14 heavy (non-hydrogen) atoms. The third-order valence-electron chi connectivity index (χ3n) is 1.85. The Morgan fingerprint density at radius 2 is 2.29 bits per heavy atom. The van der Waals surface area contributed by atoms with E-state index in [0.29, 0.717) is 19.4 Å². The molecule has 0 aliphatic carbocycles. The Bertz CT molecular complexity index is 197. The lowest BCUT2D eigenvalue weighted by molar-refractivity contribution is -0.147. The third-order valence-corrected chi connectivity index (χ3v) is 2.86. The molecule has 1 aliphatic heterocycles. The van der Waals surface area contributed by atoms with Crippen LogP contribution in [0.25, 0.3) is 0 Å². The maximum absolute atomic E-state index is 11.5. The van der Waals surface area contributed by atoms with Crippen molar-refractivity contribution in [3.63, 3.8) is 0 Å². The van der Waals surface area contributed by atoms with Crippen LogP contribution in [0, 0.1) is 0 Å². The molecule has 1 atom stereocenters. The molecule has 0 aromatic rings. The van der Waals surface area contributed by atoms with Crippen LogP contribution < -0.4 is 5.32 Å². The Balaban J connectivity index is 2.27. The summed E-state index contributed by atoms with van der Waals surface area (Å²) in [5, 5.41) is 3.07. The number of morpholine rings is 1. The van der Waals surface area contributed by atoms with Crippen molar-refractivity contribution in [2.24, 2.45) is 0 Å². The summed E-state index contributed by atoms with van der Waals surface area (Å²) < 4.78 is 10.4. The standard InChI is InChI=1S/C9H19NO3Si/c1-14(2,3)7-13-9(11)8-6-12-5-4-10-8/h8,10H,4-7H2,1-3H3. The molecule has 1 aliphatic rings. The molecule has 0 bridgehead atoms. The van der Waals surface area contributed by atoms with Crippen molar-refractivity contribution in [3.8, 4) is 0 Å². The minimum absolute atomic E-state index is 0.174. The van der Waals surface area contributed by atoms with Crippen molar-refractivity contribution in [1.29, 1.82) is 0 Å². The van der Waals surface area contributed by atoms with Crippen molar-refractivity contribution in [2.45, 2.75) is 25.7 Å². The second-order valence-electron chi connectivity index (χ2n) is 4.75. The van der Waals surface area contributed by atoms with Gasteiger partial charge in [0.1, 0.15) is 6.04 Å². The van der Waals surface area contributed by atoms with Gasteiger partial charge in [-0.1, -0.05) is 19.6 Å². The van der Waals surface area contributed by atoms with Gasteiger partial charge in [0.15, 0.2) is 0 Å². The highest BCUT2D eigenvalue weighted by Gasteiger charge is 2.24. The average molecular weight is 217 g/mol. The zero-order valence-electron chi connectivity index (χ0n) is 9.13. The summed E-state index contributed by atoms with van der Waals surface area (Å²) >= 11 is 0. The van der Waals surface area contributed by atoms with Crippen LogP contribution >= 0.6 is 0 Å². The first kappa shape index (κ1) is 11.7. The molecule has 4 nitrogen and oxygen atoms in total. The van der Waals surface area contributed by atoms with Crippen LogP contribution in [0.4, 0.5) is 0 Å². The molecular formula is C9H19NO3Si. The van der Waals surface area contributed by atoms with E-state index in [1.165, 1.54) is 0 Å². The van der Waals surface area contributed by atoms with Crippen LogP contribution in [0.1, 0.15) is 0 Å². The Hall–Kier alpha value is -0.393. The van der Waals surface area contributed by atoms with Crippen LogP contribution in [0.15, 0.2) is 0 Å². The van der Waals surface area contributed by atoms with Gasteiger partial charge in [0.2, 0.25) is 0 Å². The van der Waals surface area contributed by atoms with Gasteiger partial charge >= 0.3 is 5.97 Å². The van der Waals surface area contributed by atoms with E-state index in [9.17, 15) is 4.79 Å². The van der Waals surface area contributed by atoms with Gasteiger partial charge in [-0.3, -0.25) is 4.79 Å². The highest BCUT2D eigenvalue weighted by Crippen LogP contribution is 2.03. The summed E-state index contributed by atoms with van der Waals surface area (Å²) in [6.07, 6.45) is 0.587. The molecule has 0 radical (unpaired) electrons. The van der Waals surface area contributed by atoms with Crippen LogP contribution in [0.3, 0.4) is 0 Å². The van der Waals surface area contributed by atoms with Crippen molar-refractivity contribution in [1.82, 2.24) is 5.32 Å². The molecule has 0 amide bonds. The van der Waals surface area contributed by atoms with Gasteiger partial charge in [-0.15, -0.1) is 0 Å². The van der Waals surface area contributed by atoms with E-state index in [1.807, 2.05) is 0 Å². The Morgan fingerprint density at radius 1 is 1.57 bits per heavy atom. The van der Waals surface area contributed by atoms with E-state index in [-0.39, 0.29) is 12.0 Å². The number of hydrogen-bond donors (Lipinski definition) is 1. The maximum Gasteiger partial charge on any atom is 0.325 e. The van der Waals surface area contributed by atoms with Gasteiger partial charge in [-0.2, -0.15) is 0 Å². The van der Waals surface area contributed by atoms with E-state index in [2.05, 4.69) is 25.0 Å². The molecule has 1 fully saturated rings. The fraction of sp³-hybridized carbons (Fsp3) is 0.889. The van der Waals surface area contributed by atoms with E-state index in [0.717, 1.165) is 6.54 Å². The molecular weight excluding hydrogens is 198 g/mol. The molecule has 1 N–H and O–H groups in total. The summed E-state index contributed by atoms with van der Waals surface area (Å²) in [5.74, 6) is -0.174. The highest BCUT2D eigenvalue weighted by atomic mass is 28.3. The van der Waals surface area contributed by atoms with Gasteiger partial charge in [0, 0.05) is 6.54 Å². The second-order valence-corrected chi connectivity index (χ2v) is 10.2. The summed E-state index contributed by atoms with van der Waals surface area (Å²) in [4.78, 5) is 11.5. The average Bonchev–Trinajstić information content (AvgIpc) is 2.14. The minimum atomic E-state index is -1.30. The molecule has 1 saturated heterocycles. The number of carbonyl (C=O) groups excluding carboxylic acids is 1. The highest BCUT2D eigenvalue weighted by molar-refractivity contribution is 6.76. The molecule has 1 heterocycles. The zero-order valence-corrected chi connectivity index (χ0v) is 10.1. The van der Waals surface area contributed by atoms with Gasteiger partial charge in [-0.05, 0) is 0 Å². The third kappa shape index (κ3) is 4.21. The minimum Gasteiger partial charge on any atom is -0.468 e. The Kier molecular flexibility index (Phi) is 4.09. The first-order valence-corrected chi connectivity index (χ1v) is 8.67. The van der Waals surface area contributed by atoms with Crippen molar-refractivity contribution < 1.29 is 14.3 Å². The van der Waals surface area contributed by atoms with Gasteiger partial charge in [-0.25, -0.2) is 0 Å². The number of esters is 1. The van der Waals surface area contributed by atoms with Gasteiger partial charge in [0.05, 0.1) is 27.5 Å². The second kappa shape index (κ2) is 4.91. The number of nitrogens with one attached hydrogen (secondary N) is 1. The quantitative estimate of drug-likeness (QED) is 0.549. The number of ether oxygens (including phenoxy) is 2. The summed E-state index contributed by atoms with van der Waals surface area (Å²) in [7, 11) is -1.30. The largest absolute Gasteiger partial charge is 0.468 e. The molecule has 0 saturated carbocycles. The lowest BCUT2D eigenvalue weighted by Gasteiger charge is -2.24. The van der Waals surface area contributed by atoms with Gasteiger partial charge in [0.25, 0.3) is 0 Å². The predicted molar refractivity (Wildman–Crippen MR) is 56.9 cm³/mol. The first-order chi connectivity index (χ1) is 6.49. The van der Waals surface area contributed by atoms with Crippen molar-refractivity contribution in [3.05, 3.63) is 0 Å². The van der Waals surface area contributed by atoms with Crippen molar-refractivity contribution in [2.75, 3.05) is 26.0 Å². The van der Waals surface area contributed by atoms with Crippen LogP contribution in [0.5, 0.6) is 0 Å². The lowest BCUT2D eigenvalue weighted by Crippen LogP contribution is -2.48. The van der Waals surface area contributed by atoms with E-state index < -0.39 is 8.07 Å². The van der Waals surface area contributed by atoms with E-state index >= 15 is 0 Å². The summed E-state index contributed by atoms with van der Waals surface area (Å²) in [5.41, 5.74) is 0. The normalized spacial score (nSPS) is 23.2.